The second-order valence-corrected chi connectivity index (χ2v) is 12.0. The van der Waals surface area contributed by atoms with Gasteiger partial charge in [-0.1, -0.05) is 36.4 Å². The van der Waals surface area contributed by atoms with Gasteiger partial charge in [0.05, 0.1) is 16.8 Å². The van der Waals surface area contributed by atoms with Gasteiger partial charge < -0.3 is 5.32 Å². The molecule has 1 aromatic heterocycles. The van der Waals surface area contributed by atoms with Crippen LogP contribution in [0, 0.1) is 13.8 Å². The summed E-state index contributed by atoms with van der Waals surface area (Å²) in [7, 11) is -7.75. The van der Waals surface area contributed by atoms with Crippen molar-refractivity contribution in [3.05, 3.63) is 84.2 Å². The molecule has 0 aliphatic rings. The molecule has 4 rings (SSSR count). The number of fused-ring (bicyclic) bond motifs is 1. The average Bonchev–Trinajstić information content (AvgIpc) is 2.81. The van der Waals surface area contributed by atoms with E-state index < -0.39 is 32.5 Å². The molecule has 2 N–H and O–H groups in total. The van der Waals surface area contributed by atoms with Crippen molar-refractivity contribution in [3.63, 3.8) is 0 Å². The number of rotatable bonds is 8. The minimum atomic E-state index is -3.96. The topological polar surface area (TPSA) is 138 Å². The first-order valence-corrected chi connectivity index (χ1v) is 14.5. The summed E-state index contributed by atoms with van der Waals surface area (Å²) in [4.78, 5) is 20.9. The van der Waals surface area contributed by atoms with Crippen LogP contribution >= 0.6 is 0 Å². The summed E-state index contributed by atoms with van der Waals surface area (Å²) >= 11 is 0. The molecule has 4 aromatic rings. The Hall–Kier alpha value is -4.03. The van der Waals surface area contributed by atoms with Crippen LogP contribution in [0.1, 0.15) is 11.4 Å². The number of nitrogens with zero attached hydrogens (tertiary/aromatic N) is 3. The molecule has 1 amide bonds. The van der Waals surface area contributed by atoms with Crippen molar-refractivity contribution in [2.45, 2.75) is 18.7 Å². The first-order chi connectivity index (χ1) is 17.4. The van der Waals surface area contributed by atoms with Gasteiger partial charge in [-0.25, -0.2) is 31.5 Å². The van der Waals surface area contributed by atoms with Crippen molar-refractivity contribution in [2.75, 3.05) is 27.1 Å². The van der Waals surface area contributed by atoms with Gasteiger partial charge in [-0.3, -0.25) is 9.10 Å². The fourth-order valence-corrected chi connectivity index (χ4v) is 5.62. The maximum absolute atomic E-state index is 12.8. The monoisotopic (exact) mass is 539 g/mol. The lowest BCUT2D eigenvalue weighted by Crippen LogP contribution is -2.37. The van der Waals surface area contributed by atoms with Crippen molar-refractivity contribution in [2.24, 2.45) is 0 Å². The van der Waals surface area contributed by atoms with Crippen LogP contribution in [0.3, 0.4) is 0 Å². The molecule has 0 spiro atoms. The summed E-state index contributed by atoms with van der Waals surface area (Å²) in [6.45, 7) is 3.00. The van der Waals surface area contributed by atoms with Crippen molar-refractivity contribution in [1.82, 2.24) is 9.97 Å². The van der Waals surface area contributed by atoms with E-state index in [1.807, 2.05) is 18.2 Å². The molecule has 0 aliphatic heterocycles. The Labute approximate surface area is 215 Å². The van der Waals surface area contributed by atoms with Crippen LogP contribution < -0.4 is 14.3 Å². The Morgan fingerprint density at radius 1 is 0.865 bits per heavy atom. The van der Waals surface area contributed by atoms with Gasteiger partial charge in [0.15, 0.2) is 0 Å². The van der Waals surface area contributed by atoms with E-state index in [9.17, 15) is 21.6 Å². The van der Waals surface area contributed by atoms with Crippen LogP contribution in [0.5, 0.6) is 0 Å². The molecule has 0 saturated heterocycles. The van der Waals surface area contributed by atoms with E-state index in [2.05, 4.69) is 20.0 Å². The smallest absolute Gasteiger partial charge is 0.264 e. The first kappa shape index (κ1) is 26.0. The van der Waals surface area contributed by atoms with Crippen molar-refractivity contribution in [3.8, 4) is 0 Å². The number of carbonyl (C=O) groups is 1. The minimum absolute atomic E-state index is 0.0378. The number of benzene rings is 3. The zero-order valence-electron chi connectivity index (χ0n) is 20.3. The Kier molecular flexibility index (Phi) is 7.14. The van der Waals surface area contributed by atoms with Crippen LogP contribution in [0.2, 0.25) is 0 Å². The lowest BCUT2D eigenvalue weighted by atomic mass is 10.1. The molecule has 192 valence electrons. The van der Waals surface area contributed by atoms with Crippen molar-refractivity contribution >= 4 is 54.0 Å². The molecule has 1 heterocycles. The zero-order valence-corrected chi connectivity index (χ0v) is 22.0. The first-order valence-electron chi connectivity index (χ1n) is 11.1. The highest BCUT2D eigenvalue weighted by Crippen LogP contribution is 2.28. The zero-order chi connectivity index (χ0) is 26.8. The summed E-state index contributed by atoms with van der Waals surface area (Å²) < 4.78 is 54.0. The SMILES string of the molecule is Cc1cc(C)nc(NS(=O)(=O)c2ccc(NC(=O)CN(c3cccc4ccccc34)S(C)(=O)=O)cc2)n1. The summed E-state index contributed by atoms with van der Waals surface area (Å²) in [5.41, 5.74) is 1.93. The second kappa shape index (κ2) is 10.1. The minimum Gasteiger partial charge on any atom is -0.325 e. The van der Waals surface area contributed by atoms with Crippen LogP contribution in [0.4, 0.5) is 17.3 Å². The van der Waals surface area contributed by atoms with Gasteiger partial charge in [0.25, 0.3) is 10.0 Å². The molecule has 12 heteroatoms. The van der Waals surface area contributed by atoms with Crippen LogP contribution in [-0.2, 0) is 24.8 Å². The largest absolute Gasteiger partial charge is 0.325 e. The van der Waals surface area contributed by atoms with E-state index >= 15 is 0 Å². The lowest BCUT2D eigenvalue weighted by molar-refractivity contribution is -0.114. The maximum Gasteiger partial charge on any atom is 0.264 e. The summed E-state index contributed by atoms with van der Waals surface area (Å²) in [5, 5.41) is 4.15. The standard InChI is InChI=1S/C25H25N5O5S2/c1-17-15-18(2)27-25(26-17)29-37(34,35)21-13-11-20(12-14-21)28-24(31)16-30(36(3,32)33)23-10-6-8-19-7-4-5-9-22(19)23/h4-15H,16H2,1-3H3,(H,28,31)(H,26,27,29). The molecule has 0 atom stereocenters. The Bertz CT molecular complexity index is 1660. The molecule has 0 aliphatic carbocycles. The number of aryl methyl sites for hydroxylation is 2. The fraction of sp³-hybridized carbons (Fsp3) is 0.160. The van der Waals surface area contributed by atoms with E-state index in [-0.39, 0.29) is 10.8 Å². The number of anilines is 3. The van der Waals surface area contributed by atoms with Crippen molar-refractivity contribution in [1.29, 1.82) is 0 Å². The van der Waals surface area contributed by atoms with Gasteiger partial charge in [0.1, 0.15) is 6.54 Å². The maximum atomic E-state index is 12.8. The normalized spacial score (nSPS) is 11.8. The lowest BCUT2D eigenvalue weighted by Gasteiger charge is -2.23. The molecular formula is C25H25N5O5S2. The number of nitrogens with one attached hydrogen (secondary N) is 2. The third-order valence-corrected chi connectivity index (χ3v) is 7.85. The Balaban J connectivity index is 1.50. The molecule has 10 nitrogen and oxygen atoms in total. The van der Waals surface area contributed by atoms with E-state index in [1.54, 1.807) is 44.2 Å². The molecule has 3 aromatic carbocycles. The van der Waals surface area contributed by atoms with E-state index in [0.717, 1.165) is 15.9 Å². The van der Waals surface area contributed by atoms with E-state index in [0.29, 0.717) is 28.1 Å². The summed E-state index contributed by atoms with van der Waals surface area (Å²) in [5.74, 6) is -0.625. The van der Waals surface area contributed by atoms with E-state index in [4.69, 9.17) is 0 Å². The summed E-state index contributed by atoms with van der Waals surface area (Å²) in [6.07, 6.45) is 1.04. The van der Waals surface area contributed by atoms with Crippen LogP contribution in [-0.4, -0.2) is 45.5 Å². The molecule has 0 fully saturated rings. The molecule has 37 heavy (non-hydrogen) atoms. The highest BCUT2D eigenvalue weighted by atomic mass is 32.2. The quantitative estimate of drug-likeness (QED) is 0.350. The van der Waals surface area contributed by atoms with Gasteiger partial charge in [0.2, 0.25) is 21.9 Å². The highest BCUT2D eigenvalue weighted by molar-refractivity contribution is 7.92. The molecule has 0 saturated carbocycles. The number of sulfonamides is 2. The Morgan fingerprint density at radius 2 is 1.49 bits per heavy atom. The van der Waals surface area contributed by atoms with Gasteiger partial charge in [-0.15, -0.1) is 0 Å². The van der Waals surface area contributed by atoms with Crippen LogP contribution in [0.15, 0.2) is 77.7 Å². The molecular weight excluding hydrogens is 514 g/mol. The molecule has 0 radical (unpaired) electrons. The van der Waals surface area contributed by atoms with Gasteiger partial charge in [-0.05, 0) is 55.6 Å². The van der Waals surface area contributed by atoms with Gasteiger partial charge >= 0.3 is 0 Å². The molecule has 0 bridgehead atoms. The highest BCUT2D eigenvalue weighted by Gasteiger charge is 2.23. The fourth-order valence-electron chi connectivity index (χ4n) is 3.81. The van der Waals surface area contributed by atoms with Gasteiger partial charge in [0, 0.05) is 22.5 Å². The third kappa shape index (κ3) is 6.22. The third-order valence-electron chi connectivity index (χ3n) is 5.38. The number of amides is 1. The number of aromatic nitrogens is 2. The predicted molar refractivity (Wildman–Crippen MR) is 144 cm³/mol. The second-order valence-electron chi connectivity index (χ2n) is 8.42. The van der Waals surface area contributed by atoms with Gasteiger partial charge in [-0.2, -0.15) is 0 Å². The number of hydrogen-bond donors (Lipinski definition) is 2. The van der Waals surface area contributed by atoms with Crippen LogP contribution in [0.25, 0.3) is 10.8 Å². The number of carbonyl (C=O) groups excluding carboxylic acids is 1. The Morgan fingerprint density at radius 3 is 2.14 bits per heavy atom. The summed E-state index contributed by atoms with van der Waals surface area (Å²) in [6, 6.07) is 19.7. The van der Waals surface area contributed by atoms with Crippen molar-refractivity contribution < 1.29 is 21.6 Å². The molecule has 0 unspecified atom stereocenters. The predicted octanol–water partition coefficient (Wildman–Crippen LogP) is 3.45. The number of hydrogen-bond acceptors (Lipinski definition) is 7. The van der Waals surface area contributed by atoms with E-state index in [1.165, 1.54) is 24.3 Å². The average molecular weight is 540 g/mol.